The quantitative estimate of drug-likeness (QED) is 0.865. The molecule has 24 heavy (non-hydrogen) atoms. The van der Waals surface area contributed by atoms with Crippen LogP contribution >= 0.6 is 0 Å². The second-order valence-electron chi connectivity index (χ2n) is 6.72. The molecule has 0 aromatic heterocycles. The first kappa shape index (κ1) is 18.6. The normalized spacial score (nSPS) is 18.9. The number of carbonyl (C=O) groups excluding carboxylic acids is 1. The van der Waals surface area contributed by atoms with Crippen LogP contribution in [0.2, 0.25) is 0 Å². The summed E-state index contributed by atoms with van der Waals surface area (Å²) in [5, 5.41) is 2.90. The molecular weight excluding hydrogens is 312 g/mol. The monoisotopic (exact) mass is 339 g/mol. The molecule has 2 atom stereocenters. The van der Waals surface area contributed by atoms with Crippen molar-refractivity contribution in [2.24, 2.45) is 5.92 Å². The van der Waals surface area contributed by atoms with E-state index in [1.807, 2.05) is 11.8 Å². The van der Waals surface area contributed by atoms with Crippen molar-refractivity contribution < 1.29 is 13.6 Å². The van der Waals surface area contributed by atoms with Gasteiger partial charge in [-0.15, -0.1) is 0 Å². The molecule has 1 N–H and O–H groups in total. The van der Waals surface area contributed by atoms with Crippen molar-refractivity contribution in [3.63, 3.8) is 0 Å². The SMILES string of the molecule is CCN(C)C[C@@H]1CCN(C(=O)NC[C@H](C)c2ccc(F)c(F)c2)C1. The predicted octanol–water partition coefficient (Wildman–Crippen LogP) is 3.05. The number of rotatable bonds is 6. The zero-order chi connectivity index (χ0) is 17.7. The second-order valence-corrected chi connectivity index (χ2v) is 6.72. The van der Waals surface area contributed by atoms with Crippen LogP contribution in [-0.4, -0.2) is 55.6 Å². The van der Waals surface area contributed by atoms with E-state index in [1.165, 1.54) is 6.07 Å². The summed E-state index contributed by atoms with van der Waals surface area (Å²) in [6, 6.07) is 3.80. The standard InChI is InChI=1S/C18H27F2N3O/c1-4-22(3)11-14-7-8-23(12-14)18(24)21-10-13(2)15-5-6-16(19)17(20)9-15/h5-6,9,13-14H,4,7-8,10-12H2,1-3H3,(H,21,24)/t13-,14-/m0/s1. The number of nitrogens with zero attached hydrogens (tertiary/aromatic N) is 2. The molecule has 6 heteroatoms. The summed E-state index contributed by atoms with van der Waals surface area (Å²) in [5.74, 6) is -1.26. The van der Waals surface area contributed by atoms with Crippen LogP contribution in [-0.2, 0) is 0 Å². The zero-order valence-corrected chi connectivity index (χ0v) is 14.7. The maximum Gasteiger partial charge on any atom is 0.317 e. The second kappa shape index (κ2) is 8.42. The Morgan fingerprint density at radius 2 is 2.17 bits per heavy atom. The van der Waals surface area contributed by atoms with Crippen LogP contribution in [0.25, 0.3) is 0 Å². The van der Waals surface area contributed by atoms with Gasteiger partial charge in [0.15, 0.2) is 11.6 Å². The number of halogens is 2. The van der Waals surface area contributed by atoms with E-state index >= 15 is 0 Å². The Balaban J connectivity index is 1.79. The summed E-state index contributed by atoms with van der Waals surface area (Å²) in [6.07, 6.45) is 1.02. The molecule has 0 unspecified atom stereocenters. The van der Waals surface area contributed by atoms with Crippen LogP contribution in [0, 0.1) is 17.6 Å². The van der Waals surface area contributed by atoms with E-state index in [0.29, 0.717) is 18.0 Å². The molecule has 0 bridgehead atoms. The third-order valence-electron chi connectivity index (χ3n) is 4.75. The number of hydrogen-bond acceptors (Lipinski definition) is 2. The third kappa shape index (κ3) is 4.90. The first-order valence-electron chi connectivity index (χ1n) is 8.57. The van der Waals surface area contributed by atoms with E-state index in [1.54, 1.807) is 6.07 Å². The molecule has 4 nitrogen and oxygen atoms in total. The Hall–Kier alpha value is -1.69. The first-order valence-corrected chi connectivity index (χ1v) is 8.57. The van der Waals surface area contributed by atoms with Gasteiger partial charge in [-0.3, -0.25) is 0 Å². The van der Waals surface area contributed by atoms with Crippen molar-refractivity contribution >= 4 is 6.03 Å². The number of amides is 2. The number of benzene rings is 1. The fourth-order valence-corrected chi connectivity index (χ4v) is 3.02. The number of hydrogen-bond donors (Lipinski definition) is 1. The molecule has 134 valence electrons. The Labute approximate surface area is 142 Å². The molecule has 1 fully saturated rings. The topological polar surface area (TPSA) is 35.6 Å². The maximum absolute atomic E-state index is 13.3. The van der Waals surface area contributed by atoms with Gasteiger partial charge >= 0.3 is 6.03 Å². The highest BCUT2D eigenvalue weighted by atomic mass is 19.2. The van der Waals surface area contributed by atoms with Crippen LogP contribution in [0.4, 0.5) is 13.6 Å². The van der Waals surface area contributed by atoms with Gasteiger partial charge in [0.2, 0.25) is 0 Å². The highest BCUT2D eigenvalue weighted by Gasteiger charge is 2.26. The van der Waals surface area contributed by atoms with Crippen molar-refractivity contribution in [2.75, 3.05) is 39.8 Å². The minimum atomic E-state index is -0.854. The molecule has 1 aliphatic heterocycles. The van der Waals surface area contributed by atoms with Crippen molar-refractivity contribution in [3.8, 4) is 0 Å². The number of nitrogens with one attached hydrogen (secondary N) is 1. The minimum absolute atomic E-state index is 0.0753. The third-order valence-corrected chi connectivity index (χ3v) is 4.75. The fraction of sp³-hybridized carbons (Fsp3) is 0.611. The van der Waals surface area contributed by atoms with Crippen molar-refractivity contribution in [3.05, 3.63) is 35.4 Å². The van der Waals surface area contributed by atoms with E-state index in [9.17, 15) is 13.6 Å². The van der Waals surface area contributed by atoms with Gasteiger partial charge in [-0.2, -0.15) is 0 Å². The Morgan fingerprint density at radius 3 is 2.83 bits per heavy atom. The summed E-state index contributed by atoms with van der Waals surface area (Å²) in [6.45, 7) is 7.97. The number of urea groups is 1. The van der Waals surface area contributed by atoms with Crippen molar-refractivity contribution in [1.29, 1.82) is 0 Å². The summed E-state index contributed by atoms with van der Waals surface area (Å²) < 4.78 is 26.3. The minimum Gasteiger partial charge on any atom is -0.337 e. The molecular formula is C18H27F2N3O. The molecule has 1 aromatic rings. The fourth-order valence-electron chi connectivity index (χ4n) is 3.02. The largest absolute Gasteiger partial charge is 0.337 e. The highest BCUT2D eigenvalue weighted by molar-refractivity contribution is 5.74. The Kier molecular flexibility index (Phi) is 6.54. The van der Waals surface area contributed by atoms with E-state index in [0.717, 1.165) is 38.7 Å². The summed E-state index contributed by atoms with van der Waals surface area (Å²) in [4.78, 5) is 16.4. The lowest BCUT2D eigenvalue weighted by molar-refractivity contribution is 0.204. The number of likely N-dealkylation sites (tertiary alicyclic amines) is 1. The zero-order valence-electron chi connectivity index (χ0n) is 14.7. The Bertz CT molecular complexity index is 567. The van der Waals surface area contributed by atoms with Gasteiger partial charge in [0.05, 0.1) is 0 Å². The van der Waals surface area contributed by atoms with Gasteiger partial charge in [0.1, 0.15) is 0 Å². The lowest BCUT2D eigenvalue weighted by atomic mass is 10.0. The highest BCUT2D eigenvalue weighted by Crippen LogP contribution is 2.19. The lowest BCUT2D eigenvalue weighted by Crippen LogP contribution is -2.40. The van der Waals surface area contributed by atoms with Gasteiger partial charge in [0.25, 0.3) is 0 Å². The molecule has 2 rings (SSSR count). The van der Waals surface area contributed by atoms with Crippen LogP contribution < -0.4 is 5.32 Å². The van der Waals surface area contributed by atoms with Gasteiger partial charge in [-0.05, 0) is 49.5 Å². The van der Waals surface area contributed by atoms with E-state index in [-0.39, 0.29) is 11.9 Å². The van der Waals surface area contributed by atoms with Crippen molar-refractivity contribution in [1.82, 2.24) is 15.1 Å². The molecule has 0 spiro atoms. The van der Waals surface area contributed by atoms with E-state index in [4.69, 9.17) is 0 Å². The smallest absolute Gasteiger partial charge is 0.317 e. The lowest BCUT2D eigenvalue weighted by Gasteiger charge is -2.21. The van der Waals surface area contributed by atoms with Crippen LogP contribution in [0.15, 0.2) is 18.2 Å². The van der Waals surface area contributed by atoms with Gasteiger partial charge < -0.3 is 15.1 Å². The average Bonchev–Trinajstić information content (AvgIpc) is 3.03. The van der Waals surface area contributed by atoms with Gasteiger partial charge in [-0.1, -0.05) is 19.9 Å². The molecule has 0 radical (unpaired) electrons. The van der Waals surface area contributed by atoms with E-state index in [2.05, 4.69) is 24.2 Å². The molecule has 1 saturated heterocycles. The summed E-state index contributed by atoms with van der Waals surface area (Å²) in [7, 11) is 2.09. The van der Waals surface area contributed by atoms with Crippen molar-refractivity contribution in [2.45, 2.75) is 26.2 Å². The predicted molar refractivity (Wildman–Crippen MR) is 91.0 cm³/mol. The molecule has 2 amide bonds. The number of carbonyl (C=O) groups is 1. The average molecular weight is 339 g/mol. The van der Waals surface area contributed by atoms with Crippen LogP contribution in [0.3, 0.4) is 0 Å². The molecule has 1 aliphatic rings. The summed E-state index contributed by atoms with van der Waals surface area (Å²) >= 11 is 0. The molecule has 0 saturated carbocycles. The summed E-state index contributed by atoms with van der Waals surface area (Å²) in [5.41, 5.74) is 0.679. The molecule has 1 aromatic carbocycles. The van der Waals surface area contributed by atoms with Crippen LogP contribution in [0.5, 0.6) is 0 Å². The first-order chi connectivity index (χ1) is 11.4. The maximum atomic E-state index is 13.3. The Morgan fingerprint density at radius 1 is 1.42 bits per heavy atom. The van der Waals surface area contributed by atoms with Gasteiger partial charge in [-0.25, -0.2) is 13.6 Å². The van der Waals surface area contributed by atoms with E-state index < -0.39 is 11.6 Å². The molecule has 1 heterocycles. The van der Waals surface area contributed by atoms with Crippen LogP contribution in [0.1, 0.15) is 31.7 Å². The van der Waals surface area contributed by atoms with Gasteiger partial charge in [0, 0.05) is 26.2 Å². The molecule has 0 aliphatic carbocycles.